The molecule has 4 rings (SSSR count). The molecule has 1 aliphatic carbocycles. The molecule has 1 fully saturated rings. The second-order valence-electron chi connectivity index (χ2n) is 10.0. The van der Waals surface area contributed by atoms with Crippen LogP contribution in [0.25, 0.3) is 0 Å². The van der Waals surface area contributed by atoms with E-state index in [2.05, 4.69) is 40.7 Å². The number of pyridine rings is 2. The van der Waals surface area contributed by atoms with Gasteiger partial charge < -0.3 is 19.6 Å². The van der Waals surface area contributed by atoms with Crippen LogP contribution in [0.1, 0.15) is 61.1 Å². The van der Waals surface area contributed by atoms with Crippen LogP contribution in [0.5, 0.6) is 5.88 Å². The topological polar surface area (TPSA) is 78.8 Å². The predicted octanol–water partition coefficient (Wildman–Crippen LogP) is 3.22. The van der Waals surface area contributed by atoms with E-state index in [1.165, 1.54) is 25.7 Å². The van der Waals surface area contributed by atoms with Gasteiger partial charge in [-0.25, -0.2) is 9.97 Å². The van der Waals surface area contributed by atoms with Crippen LogP contribution in [0.3, 0.4) is 0 Å². The third kappa shape index (κ3) is 6.39. The maximum absolute atomic E-state index is 13.5. The summed E-state index contributed by atoms with van der Waals surface area (Å²) in [6.45, 7) is 6.20. The summed E-state index contributed by atoms with van der Waals surface area (Å²) in [7, 11) is 2.15. The molecule has 0 aromatic carbocycles. The van der Waals surface area contributed by atoms with Crippen molar-refractivity contribution >= 4 is 5.91 Å². The highest BCUT2D eigenvalue weighted by atomic mass is 16.5. The summed E-state index contributed by atoms with van der Waals surface area (Å²) in [5.74, 6) is 7.05. The van der Waals surface area contributed by atoms with Crippen molar-refractivity contribution < 1.29 is 14.6 Å². The molecule has 1 saturated carbocycles. The number of amides is 1. The number of rotatable bonds is 6. The molecule has 7 heteroatoms. The lowest BCUT2D eigenvalue weighted by Crippen LogP contribution is -2.50. The number of aliphatic hydroxyl groups excluding tert-OH is 1. The number of ether oxygens (including phenoxy) is 1. The Morgan fingerprint density at radius 3 is 2.74 bits per heavy atom. The molecule has 1 aliphatic heterocycles. The average Bonchev–Trinajstić information content (AvgIpc) is 3.38. The molecule has 7 nitrogen and oxygen atoms in total. The summed E-state index contributed by atoms with van der Waals surface area (Å²) in [4.78, 5) is 26.4. The molecule has 0 unspecified atom stereocenters. The number of carbonyl (C=O) groups excluding carboxylic acids is 1. The average molecular weight is 477 g/mol. The summed E-state index contributed by atoms with van der Waals surface area (Å²) < 4.78 is 6.41. The largest absolute Gasteiger partial charge is 0.472 e. The molecular formula is C28H36N4O3. The first-order valence-electron chi connectivity index (χ1n) is 12.6. The van der Waals surface area contributed by atoms with Crippen molar-refractivity contribution in [1.29, 1.82) is 0 Å². The fourth-order valence-electron chi connectivity index (χ4n) is 4.98. The Bertz CT molecular complexity index is 1060. The number of hydrogen-bond acceptors (Lipinski definition) is 6. The summed E-state index contributed by atoms with van der Waals surface area (Å²) in [5.41, 5.74) is 1.65. The number of fused-ring (bicyclic) bond motifs is 1. The Balaban J connectivity index is 1.61. The quantitative estimate of drug-likeness (QED) is 0.645. The maximum Gasteiger partial charge on any atom is 0.259 e. The Hall–Kier alpha value is -2.95. The van der Waals surface area contributed by atoms with E-state index in [9.17, 15) is 9.90 Å². The van der Waals surface area contributed by atoms with Crippen LogP contribution in [0.2, 0.25) is 0 Å². The normalized spacial score (nSPS) is 21.5. The number of hydrogen-bond donors (Lipinski definition) is 1. The fraction of sp³-hybridized carbons (Fsp3) is 0.536. The first-order chi connectivity index (χ1) is 16.9. The van der Waals surface area contributed by atoms with E-state index in [-0.39, 0.29) is 30.6 Å². The molecule has 0 radical (unpaired) electrons. The molecule has 35 heavy (non-hydrogen) atoms. The number of aromatic nitrogens is 2. The zero-order valence-electron chi connectivity index (χ0n) is 21.0. The molecule has 2 aromatic heterocycles. The molecule has 1 N–H and O–H groups in total. The van der Waals surface area contributed by atoms with Crippen molar-refractivity contribution in [3.05, 3.63) is 53.5 Å². The van der Waals surface area contributed by atoms with Gasteiger partial charge >= 0.3 is 0 Å². The lowest BCUT2D eigenvalue weighted by Gasteiger charge is -2.38. The van der Waals surface area contributed by atoms with Crippen molar-refractivity contribution in [2.75, 3.05) is 33.3 Å². The highest BCUT2D eigenvalue weighted by molar-refractivity contribution is 5.97. The van der Waals surface area contributed by atoms with Gasteiger partial charge in [0.25, 0.3) is 5.91 Å². The lowest BCUT2D eigenvalue weighted by molar-refractivity contribution is 0.0320. The second-order valence-corrected chi connectivity index (χ2v) is 10.0. The standard InChI is InChI=1S/C28H36N4O3/c1-20-16-32(21(2)19-33)28(34)25-14-23(11-12-24-10-6-7-13-29-24)15-30-27(25)35-26(20)18-31(3)17-22-8-4-5-9-22/h6-7,10,13-15,20-22,26,33H,4-5,8-9,16-19H2,1-3H3/t20-,21+,26+/m1/s1. The minimum atomic E-state index is -0.309. The van der Waals surface area contributed by atoms with Crippen LogP contribution in [-0.4, -0.2) is 76.2 Å². The first-order valence-corrected chi connectivity index (χ1v) is 12.6. The molecule has 0 bridgehead atoms. The van der Waals surface area contributed by atoms with Crippen molar-refractivity contribution in [1.82, 2.24) is 19.8 Å². The van der Waals surface area contributed by atoms with Crippen LogP contribution < -0.4 is 4.74 Å². The van der Waals surface area contributed by atoms with Gasteiger partial charge in [-0.2, -0.15) is 0 Å². The molecule has 3 atom stereocenters. The third-order valence-corrected chi connectivity index (χ3v) is 7.06. The lowest BCUT2D eigenvalue weighted by atomic mass is 9.99. The highest BCUT2D eigenvalue weighted by Gasteiger charge is 2.34. The van der Waals surface area contributed by atoms with E-state index < -0.39 is 0 Å². The van der Waals surface area contributed by atoms with Gasteiger partial charge in [-0.05, 0) is 56.9 Å². The summed E-state index contributed by atoms with van der Waals surface area (Å²) in [5, 5.41) is 9.86. The van der Waals surface area contributed by atoms with Crippen LogP contribution in [0, 0.1) is 23.7 Å². The molecule has 186 valence electrons. The second kappa shape index (κ2) is 11.7. The predicted molar refractivity (Wildman–Crippen MR) is 135 cm³/mol. The summed E-state index contributed by atoms with van der Waals surface area (Å²) in [6.07, 6.45) is 8.47. The van der Waals surface area contributed by atoms with E-state index in [1.54, 1.807) is 23.4 Å². The van der Waals surface area contributed by atoms with Gasteiger partial charge in [-0.3, -0.25) is 4.79 Å². The molecular weight excluding hydrogens is 440 g/mol. The van der Waals surface area contributed by atoms with Crippen LogP contribution >= 0.6 is 0 Å². The Morgan fingerprint density at radius 1 is 1.23 bits per heavy atom. The van der Waals surface area contributed by atoms with Crippen molar-refractivity contribution in [3.63, 3.8) is 0 Å². The van der Waals surface area contributed by atoms with E-state index in [0.29, 0.717) is 29.2 Å². The third-order valence-electron chi connectivity index (χ3n) is 7.06. The van der Waals surface area contributed by atoms with Gasteiger partial charge in [0.1, 0.15) is 17.4 Å². The monoisotopic (exact) mass is 476 g/mol. The van der Waals surface area contributed by atoms with Crippen LogP contribution in [-0.2, 0) is 0 Å². The SMILES string of the molecule is C[C@@H]1CN([C@@H](C)CO)C(=O)c2cc(C#Cc3ccccn3)cnc2O[C@H]1CN(C)CC1CCCC1. The van der Waals surface area contributed by atoms with E-state index in [1.807, 2.05) is 25.1 Å². The van der Waals surface area contributed by atoms with Crippen molar-refractivity contribution in [2.45, 2.75) is 51.7 Å². The number of nitrogens with zero attached hydrogens (tertiary/aromatic N) is 4. The molecule has 1 amide bonds. The fourth-order valence-corrected chi connectivity index (χ4v) is 4.98. The van der Waals surface area contributed by atoms with Gasteiger partial charge in [-0.1, -0.05) is 31.8 Å². The Kier molecular flexibility index (Phi) is 8.37. The smallest absolute Gasteiger partial charge is 0.259 e. The van der Waals surface area contributed by atoms with Crippen LogP contribution in [0.4, 0.5) is 0 Å². The number of carbonyl (C=O) groups is 1. The van der Waals surface area contributed by atoms with Crippen molar-refractivity contribution in [2.24, 2.45) is 11.8 Å². The molecule has 0 saturated heterocycles. The molecule has 2 aromatic rings. The van der Waals surface area contributed by atoms with Gasteiger partial charge in [0.05, 0.1) is 12.6 Å². The minimum absolute atomic E-state index is 0.0811. The van der Waals surface area contributed by atoms with Gasteiger partial charge in [0.15, 0.2) is 0 Å². The van der Waals surface area contributed by atoms with Gasteiger partial charge in [-0.15, -0.1) is 0 Å². The number of likely N-dealkylation sites (N-methyl/N-ethyl adjacent to an activating group) is 1. The van der Waals surface area contributed by atoms with E-state index >= 15 is 0 Å². The number of aliphatic hydroxyl groups is 1. The Labute approximate surface area is 208 Å². The zero-order valence-corrected chi connectivity index (χ0v) is 21.0. The summed E-state index contributed by atoms with van der Waals surface area (Å²) in [6, 6.07) is 6.99. The summed E-state index contributed by atoms with van der Waals surface area (Å²) >= 11 is 0. The van der Waals surface area contributed by atoms with E-state index in [0.717, 1.165) is 19.0 Å². The zero-order chi connectivity index (χ0) is 24.8. The van der Waals surface area contributed by atoms with Crippen LogP contribution in [0.15, 0.2) is 36.7 Å². The van der Waals surface area contributed by atoms with Crippen molar-refractivity contribution in [3.8, 4) is 17.7 Å². The Morgan fingerprint density at radius 2 is 2.03 bits per heavy atom. The maximum atomic E-state index is 13.5. The minimum Gasteiger partial charge on any atom is -0.472 e. The molecule has 0 spiro atoms. The van der Waals surface area contributed by atoms with Gasteiger partial charge in [0.2, 0.25) is 5.88 Å². The first kappa shape index (κ1) is 25.2. The highest BCUT2D eigenvalue weighted by Crippen LogP contribution is 2.29. The van der Waals surface area contributed by atoms with E-state index in [4.69, 9.17) is 4.74 Å². The van der Waals surface area contributed by atoms with Gasteiger partial charge in [0, 0.05) is 43.5 Å². The molecule has 2 aliphatic rings. The molecule has 3 heterocycles.